The fourth-order valence-electron chi connectivity index (χ4n) is 5.54. The molecule has 1 aliphatic heterocycles. The lowest BCUT2D eigenvalue weighted by Crippen LogP contribution is -2.40. The summed E-state index contributed by atoms with van der Waals surface area (Å²) in [4.78, 5) is 22.8. The zero-order valence-corrected chi connectivity index (χ0v) is 25.7. The van der Waals surface area contributed by atoms with Crippen molar-refractivity contribution in [2.24, 2.45) is 5.14 Å². The molecule has 10 nitrogen and oxygen atoms in total. The van der Waals surface area contributed by atoms with Gasteiger partial charge in [-0.25, -0.2) is 32.3 Å². The number of methoxy groups -OCH3 is 1. The minimum absolute atomic E-state index is 0.0666. The van der Waals surface area contributed by atoms with Crippen molar-refractivity contribution in [2.75, 3.05) is 39.1 Å². The molecule has 0 aliphatic carbocycles. The molecule has 0 atom stereocenters. The molecular weight excluding hydrogens is 616 g/mol. The molecular formula is C33H29F2N5O5S. The van der Waals surface area contributed by atoms with E-state index in [9.17, 15) is 13.2 Å². The van der Waals surface area contributed by atoms with E-state index < -0.39 is 32.1 Å². The molecule has 4 N–H and O–H groups in total. The van der Waals surface area contributed by atoms with Crippen molar-refractivity contribution in [3.63, 3.8) is 0 Å². The van der Waals surface area contributed by atoms with Crippen LogP contribution in [0.25, 0.3) is 44.3 Å². The van der Waals surface area contributed by atoms with E-state index in [-0.39, 0.29) is 17.4 Å². The Bertz CT molecular complexity index is 2120. The van der Waals surface area contributed by atoms with Crippen LogP contribution in [0.15, 0.2) is 71.6 Å². The van der Waals surface area contributed by atoms with Gasteiger partial charge in [0.2, 0.25) is 15.9 Å². The predicted molar refractivity (Wildman–Crippen MR) is 170 cm³/mol. The fourth-order valence-corrected chi connectivity index (χ4v) is 6.15. The van der Waals surface area contributed by atoms with Gasteiger partial charge >= 0.3 is 0 Å². The molecule has 0 radical (unpaired) electrons. The smallest absolute Gasteiger partial charge is 0.254 e. The van der Waals surface area contributed by atoms with Gasteiger partial charge in [0.25, 0.3) is 5.91 Å². The number of fused-ring (bicyclic) bond motifs is 1. The van der Waals surface area contributed by atoms with Crippen molar-refractivity contribution in [1.82, 2.24) is 14.9 Å². The molecule has 0 saturated carbocycles. The van der Waals surface area contributed by atoms with E-state index in [0.717, 1.165) is 23.1 Å². The van der Waals surface area contributed by atoms with Gasteiger partial charge in [0.05, 0.1) is 37.0 Å². The van der Waals surface area contributed by atoms with Gasteiger partial charge in [0.15, 0.2) is 5.82 Å². The van der Waals surface area contributed by atoms with Gasteiger partial charge in [-0.1, -0.05) is 18.2 Å². The summed E-state index contributed by atoms with van der Waals surface area (Å²) in [5.74, 6) is -2.22. The first-order valence-electron chi connectivity index (χ1n) is 14.2. The number of aromatic nitrogens is 2. The van der Waals surface area contributed by atoms with Crippen molar-refractivity contribution < 1.29 is 31.5 Å². The summed E-state index contributed by atoms with van der Waals surface area (Å²) < 4.78 is 65.1. The molecule has 2 aromatic heterocycles. The number of primary sulfonamides is 1. The molecule has 5 aromatic rings. The van der Waals surface area contributed by atoms with E-state index >= 15 is 8.78 Å². The Morgan fingerprint density at radius 2 is 1.61 bits per heavy atom. The number of hydrogen-bond donors (Lipinski definition) is 2. The number of carbonyl (C=O) groups is 1. The third-order valence-electron chi connectivity index (χ3n) is 7.90. The Morgan fingerprint density at radius 1 is 0.913 bits per heavy atom. The Hall–Kier alpha value is -4.98. The summed E-state index contributed by atoms with van der Waals surface area (Å²) in [5, 5.41) is 5.89. The number of benzene rings is 3. The first-order chi connectivity index (χ1) is 22.0. The second-order valence-electron chi connectivity index (χ2n) is 10.8. The van der Waals surface area contributed by atoms with Crippen molar-refractivity contribution in [2.45, 2.75) is 11.8 Å². The summed E-state index contributed by atoms with van der Waals surface area (Å²) in [6.07, 6.45) is 0. The largest absolute Gasteiger partial charge is 0.481 e. The zero-order valence-electron chi connectivity index (χ0n) is 24.9. The summed E-state index contributed by atoms with van der Waals surface area (Å²) in [5.41, 5.74) is 9.87. The molecule has 1 fully saturated rings. The number of nitrogens with zero attached hydrogens (tertiary/aromatic N) is 3. The summed E-state index contributed by atoms with van der Waals surface area (Å²) >= 11 is 0. The highest BCUT2D eigenvalue weighted by Gasteiger charge is 2.26. The van der Waals surface area contributed by atoms with E-state index in [2.05, 4.69) is 9.97 Å². The third-order valence-corrected chi connectivity index (χ3v) is 8.83. The minimum Gasteiger partial charge on any atom is -0.481 e. The van der Waals surface area contributed by atoms with Crippen molar-refractivity contribution in [3.8, 4) is 39.3 Å². The SMILES string of the molecule is COc1nc(C)c(-c2ccc3nc(N)c(-c4ccc(C(=O)N5CCOCC5)cc4)cc3c2)cc1-c1c(F)ccc(S(N)(=O)=O)c1F. The lowest BCUT2D eigenvalue weighted by Gasteiger charge is -2.26. The summed E-state index contributed by atoms with van der Waals surface area (Å²) in [7, 11) is -3.19. The molecule has 1 amide bonds. The van der Waals surface area contributed by atoms with Crippen LogP contribution in [0.4, 0.5) is 14.6 Å². The molecule has 236 valence electrons. The lowest BCUT2D eigenvalue weighted by atomic mass is 9.96. The van der Waals surface area contributed by atoms with E-state index in [4.69, 9.17) is 20.3 Å². The van der Waals surface area contributed by atoms with E-state index in [1.807, 2.05) is 24.3 Å². The third kappa shape index (κ3) is 5.75. The molecule has 13 heteroatoms. The topological polar surface area (TPSA) is 151 Å². The van der Waals surface area contributed by atoms with E-state index in [1.54, 1.807) is 36.1 Å². The summed E-state index contributed by atoms with van der Waals surface area (Å²) in [6, 6.07) is 17.5. The van der Waals surface area contributed by atoms with Crippen LogP contribution < -0.4 is 15.6 Å². The molecule has 1 saturated heterocycles. The number of sulfonamides is 1. The predicted octanol–water partition coefficient (Wildman–Crippen LogP) is 4.93. The number of nitrogens with two attached hydrogens (primary N) is 2. The highest BCUT2D eigenvalue weighted by atomic mass is 32.2. The number of anilines is 1. The van der Waals surface area contributed by atoms with Crippen LogP contribution >= 0.6 is 0 Å². The second-order valence-corrected chi connectivity index (χ2v) is 12.3. The number of carbonyl (C=O) groups excluding carboxylic acids is 1. The average molecular weight is 646 g/mol. The average Bonchev–Trinajstić information content (AvgIpc) is 3.04. The van der Waals surface area contributed by atoms with Crippen LogP contribution in [0.3, 0.4) is 0 Å². The van der Waals surface area contributed by atoms with Gasteiger partial charge in [0, 0.05) is 40.9 Å². The Kier molecular flexibility index (Phi) is 8.15. The highest BCUT2D eigenvalue weighted by molar-refractivity contribution is 7.89. The normalized spacial score (nSPS) is 13.6. The van der Waals surface area contributed by atoms with Crippen LogP contribution in [0.2, 0.25) is 0 Å². The first kappa shape index (κ1) is 31.0. The van der Waals surface area contributed by atoms with E-state index in [0.29, 0.717) is 65.6 Å². The van der Waals surface area contributed by atoms with Crippen LogP contribution in [0.5, 0.6) is 5.88 Å². The van der Waals surface area contributed by atoms with E-state index in [1.165, 1.54) is 13.2 Å². The number of pyridine rings is 2. The number of aryl methyl sites for hydroxylation is 1. The molecule has 0 unspecified atom stereocenters. The Labute approximate surface area is 263 Å². The number of halogens is 2. The van der Waals surface area contributed by atoms with Crippen LogP contribution in [0, 0.1) is 18.6 Å². The number of amides is 1. The van der Waals surface area contributed by atoms with Gasteiger partial charge in [-0.15, -0.1) is 0 Å². The van der Waals surface area contributed by atoms with Crippen molar-refractivity contribution >= 4 is 32.7 Å². The summed E-state index contributed by atoms with van der Waals surface area (Å²) in [6.45, 7) is 3.82. The monoisotopic (exact) mass is 645 g/mol. The van der Waals surface area contributed by atoms with Crippen molar-refractivity contribution in [3.05, 3.63) is 89.6 Å². The molecule has 6 rings (SSSR count). The van der Waals surface area contributed by atoms with Crippen molar-refractivity contribution in [1.29, 1.82) is 0 Å². The molecule has 1 aliphatic rings. The number of ether oxygens (including phenoxy) is 2. The number of rotatable bonds is 6. The van der Waals surface area contributed by atoms with Crippen LogP contribution in [0.1, 0.15) is 16.1 Å². The number of morpholine rings is 1. The standard InChI is InChI=1S/C33H29F2N5O5S/c1-18-23(17-25(32(38-18)44-2)29-26(34)8-10-28(30(29)35)46(37,42)43)21-7-9-27-22(15-21)16-24(31(36)39-27)19-3-5-20(6-4-19)33(41)40-11-13-45-14-12-40/h3-10,15-17H,11-14H2,1-2H3,(H2,36,39)(H2,37,42,43). The molecule has 3 heterocycles. The number of hydrogen-bond acceptors (Lipinski definition) is 8. The first-order valence-corrected chi connectivity index (χ1v) is 15.8. The maximum Gasteiger partial charge on any atom is 0.254 e. The minimum atomic E-state index is -4.48. The van der Waals surface area contributed by atoms with Gasteiger partial charge in [-0.3, -0.25) is 4.79 Å². The fraction of sp³-hybridized carbons (Fsp3) is 0.182. The van der Waals surface area contributed by atoms with Crippen LogP contribution in [-0.2, 0) is 14.8 Å². The van der Waals surface area contributed by atoms with Gasteiger partial charge in [-0.05, 0) is 66.6 Å². The lowest BCUT2D eigenvalue weighted by molar-refractivity contribution is 0.0303. The molecule has 0 bridgehead atoms. The quantitative estimate of drug-likeness (QED) is 0.264. The van der Waals surface area contributed by atoms with Gasteiger partial charge in [0.1, 0.15) is 16.5 Å². The Morgan fingerprint density at radius 3 is 2.28 bits per heavy atom. The zero-order chi connectivity index (χ0) is 32.7. The Balaban J connectivity index is 1.41. The maximum atomic E-state index is 15.5. The van der Waals surface area contributed by atoms with Crippen LogP contribution in [-0.4, -0.2) is 62.6 Å². The molecule has 0 spiro atoms. The molecule has 46 heavy (non-hydrogen) atoms. The van der Waals surface area contributed by atoms with Gasteiger partial charge in [-0.2, -0.15) is 0 Å². The maximum absolute atomic E-state index is 15.5. The second kappa shape index (κ2) is 12.1. The molecule has 3 aromatic carbocycles. The van der Waals surface area contributed by atoms with Gasteiger partial charge < -0.3 is 20.1 Å². The number of nitrogen functional groups attached to an aromatic ring is 1. The highest BCUT2D eigenvalue weighted by Crippen LogP contribution is 2.39.